The molecule has 30 heavy (non-hydrogen) atoms. The summed E-state index contributed by atoms with van der Waals surface area (Å²) in [6, 6.07) is 15.2. The minimum atomic E-state index is -1.61. The number of aryl methyl sites for hydroxylation is 2. The van der Waals surface area contributed by atoms with Crippen LogP contribution in [0.4, 0.5) is 0 Å². The monoisotopic (exact) mass is 405 g/mol. The molecule has 0 fully saturated rings. The van der Waals surface area contributed by atoms with Crippen molar-refractivity contribution < 1.29 is 24.5 Å². The van der Waals surface area contributed by atoms with Crippen LogP contribution in [-0.2, 0) is 0 Å². The lowest BCUT2D eigenvalue weighted by molar-refractivity contribution is -0.0424. The fourth-order valence-electron chi connectivity index (χ4n) is 3.37. The van der Waals surface area contributed by atoms with Crippen molar-refractivity contribution in [1.82, 2.24) is 14.8 Å². The van der Waals surface area contributed by atoms with Gasteiger partial charge in [0, 0.05) is 28.1 Å². The summed E-state index contributed by atoms with van der Waals surface area (Å²) in [5.41, 5.74) is 3.88. The van der Waals surface area contributed by atoms with Gasteiger partial charge in [-0.15, -0.1) is 10.2 Å². The topological polar surface area (TPSA) is 122 Å². The molecule has 2 aromatic heterocycles. The van der Waals surface area contributed by atoms with E-state index >= 15 is 0 Å². The number of aromatic nitrogens is 3. The Morgan fingerprint density at radius 3 is 2.17 bits per heavy atom. The predicted molar refractivity (Wildman–Crippen MR) is 108 cm³/mol. The largest absolute Gasteiger partial charge is 0.478 e. The van der Waals surface area contributed by atoms with Gasteiger partial charge < -0.3 is 24.3 Å². The van der Waals surface area contributed by atoms with Gasteiger partial charge >= 0.3 is 5.97 Å². The van der Waals surface area contributed by atoms with Gasteiger partial charge in [0.05, 0.1) is 11.3 Å². The number of carboxylic acid groups (broad SMARTS) is 1. The summed E-state index contributed by atoms with van der Waals surface area (Å²) >= 11 is 0. The van der Waals surface area contributed by atoms with Crippen LogP contribution in [0.3, 0.4) is 0 Å². The molecule has 0 aliphatic carbocycles. The van der Waals surface area contributed by atoms with E-state index < -0.39 is 12.3 Å². The molecular formula is C22H19N3O5. The fraction of sp³-hybridized carbons (Fsp3) is 0.136. The summed E-state index contributed by atoms with van der Waals surface area (Å²) in [4.78, 5) is 11.8. The Bertz CT molecular complexity index is 1220. The second-order valence-electron chi connectivity index (χ2n) is 6.90. The Morgan fingerprint density at radius 1 is 0.933 bits per heavy atom. The van der Waals surface area contributed by atoms with Crippen LogP contribution in [0, 0.1) is 13.8 Å². The number of nitrogens with zero attached hydrogens (tertiary/aromatic N) is 3. The van der Waals surface area contributed by atoms with Crippen molar-refractivity contribution >= 4 is 5.97 Å². The fourth-order valence-corrected chi connectivity index (χ4v) is 3.37. The first-order valence-corrected chi connectivity index (χ1v) is 9.18. The van der Waals surface area contributed by atoms with Gasteiger partial charge in [0.15, 0.2) is 6.29 Å². The van der Waals surface area contributed by atoms with E-state index in [-0.39, 0.29) is 17.3 Å². The number of aliphatic hydroxyl groups excluding tert-OH is 1. The highest BCUT2D eigenvalue weighted by Gasteiger charge is 2.18. The Labute approximate surface area is 171 Å². The van der Waals surface area contributed by atoms with Gasteiger partial charge in [0.2, 0.25) is 11.8 Å². The molecule has 4 aromatic rings. The molecule has 0 spiro atoms. The zero-order valence-electron chi connectivity index (χ0n) is 16.3. The van der Waals surface area contributed by atoms with Gasteiger partial charge in [-0.1, -0.05) is 12.1 Å². The lowest BCUT2D eigenvalue weighted by Gasteiger charge is -2.13. The highest BCUT2D eigenvalue weighted by molar-refractivity contribution is 5.93. The van der Waals surface area contributed by atoms with Gasteiger partial charge in [0.1, 0.15) is 0 Å². The maximum absolute atomic E-state index is 11.8. The standard InChI is InChI=1S/C22H19N3O5/c1-12-6-7-13(2)25(12)18-11-15(8-9-17(18)22(28)29)20-24-23-19(30-20)14-4-3-5-16(10-14)21(26)27/h3-11,21,26-27H,1-2H3,(H,28,29). The van der Waals surface area contributed by atoms with Crippen molar-refractivity contribution in [1.29, 1.82) is 0 Å². The Morgan fingerprint density at radius 2 is 1.57 bits per heavy atom. The number of carbonyl (C=O) groups is 1. The van der Waals surface area contributed by atoms with E-state index in [9.17, 15) is 20.1 Å². The van der Waals surface area contributed by atoms with E-state index in [4.69, 9.17) is 4.42 Å². The molecule has 0 saturated carbocycles. The van der Waals surface area contributed by atoms with Crippen LogP contribution in [0.5, 0.6) is 0 Å². The van der Waals surface area contributed by atoms with Crippen LogP contribution in [0.15, 0.2) is 59.0 Å². The van der Waals surface area contributed by atoms with Crippen molar-refractivity contribution in [3.63, 3.8) is 0 Å². The van der Waals surface area contributed by atoms with Crippen LogP contribution in [0.25, 0.3) is 28.6 Å². The molecule has 0 aliphatic heterocycles. The number of hydrogen-bond donors (Lipinski definition) is 3. The quantitative estimate of drug-likeness (QED) is 0.435. The molecule has 0 radical (unpaired) electrons. The molecule has 2 aromatic carbocycles. The first kappa shape index (κ1) is 19.6. The Kier molecular flexibility index (Phi) is 4.94. The second-order valence-corrected chi connectivity index (χ2v) is 6.90. The molecular weight excluding hydrogens is 386 g/mol. The van der Waals surface area contributed by atoms with E-state index in [1.54, 1.807) is 36.4 Å². The van der Waals surface area contributed by atoms with Crippen LogP contribution >= 0.6 is 0 Å². The van der Waals surface area contributed by atoms with E-state index in [1.807, 2.05) is 30.5 Å². The highest BCUT2D eigenvalue weighted by Crippen LogP contribution is 2.29. The second kappa shape index (κ2) is 7.58. The third-order valence-corrected chi connectivity index (χ3v) is 4.84. The third-order valence-electron chi connectivity index (χ3n) is 4.84. The predicted octanol–water partition coefficient (Wildman–Crippen LogP) is 3.49. The average Bonchev–Trinajstić information content (AvgIpc) is 3.34. The average molecular weight is 405 g/mol. The van der Waals surface area contributed by atoms with E-state index in [2.05, 4.69) is 10.2 Å². The number of benzene rings is 2. The Hall–Kier alpha value is -3.75. The van der Waals surface area contributed by atoms with Crippen molar-refractivity contribution in [2.24, 2.45) is 0 Å². The molecule has 2 heterocycles. The normalized spacial score (nSPS) is 11.2. The molecule has 0 unspecified atom stereocenters. The molecule has 0 aliphatic rings. The molecule has 0 bridgehead atoms. The molecule has 3 N–H and O–H groups in total. The zero-order valence-corrected chi connectivity index (χ0v) is 16.3. The van der Waals surface area contributed by atoms with Crippen LogP contribution in [0.2, 0.25) is 0 Å². The lowest BCUT2D eigenvalue weighted by atomic mass is 10.1. The molecule has 4 rings (SSSR count). The summed E-state index contributed by atoms with van der Waals surface area (Å²) in [5.74, 6) is -0.597. The molecule has 0 atom stereocenters. The maximum Gasteiger partial charge on any atom is 0.337 e. The molecule has 152 valence electrons. The van der Waals surface area contributed by atoms with Crippen molar-refractivity contribution in [3.05, 3.63) is 77.1 Å². The highest BCUT2D eigenvalue weighted by atomic mass is 16.5. The van der Waals surface area contributed by atoms with Crippen molar-refractivity contribution in [2.75, 3.05) is 0 Å². The third kappa shape index (κ3) is 3.49. The molecule has 0 amide bonds. The van der Waals surface area contributed by atoms with Crippen LogP contribution in [-0.4, -0.2) is 36.1 Å². The number of aromatic carboxylic acids is 1. The van der Waals surface area contributed by atoms with E-state index in [1.165, 1.54) is 6.07 Å². The smallest absolute Gasteiger partial charge is 0.337 e. The molecule has 8 heteroatoms. The van der Waals surface area contributed by atoms with E-state index in [0.717, 1.165) is 11.4 Å². The van der Waals surface area contributed by atoms with Gasteiger partial charge in [-0.3, -0.25) is 0 Å². The minimum absolute atomic E-state index is 0.158. The van der Waals surface area contributed by atoms with Gasteiger partial charge in [0.25, 0.3) is 0 Å². The summed E-state index contributed by atoms with van der Waals surface area (Å²) in [5, 5.41) is 36.5. The summed E-state index contributed by atoms with van der Waals surface area (Å²) < 4.78 is 7.64. The van der Waals surface area contributed by atoms with Gasteiger partial charge in [-0.05, 0) is 56.3 Å². The van der Waals surface area contributed by atoms with E-state index in [0.29, 0.717) is 22.4 Å². The maximum atomic E-state index is 11.8. The first-order valence-electron chi connectivity index (χ1n) is 9.18. The number of hydrogen-bond acceptors (Lipinski definition) is 6. The van der Waals surface area contributed by atoms with Gasteiger partial charge in [-0.2, -0.15) is 0 Å². The number of rotatable bonds is 5. The van der Waals surface area contributed by atoms with Crippen LogP contribution in [0.1, 0.15) is 33.6 Å². The lowest BCUT2D eigenvalue weighted by Crippen LogP contribution is -2.08. The Balaban J connectivity index is 1.78. The van der Waals surface area contributed by atoms with Crippen molar-refractivity contribution in [2.45, 2.75) is 20.1 Å². The first-order chi connectivity index (χ1) is 14.3. The minimum Gasteiger partial charge on any atom is -0.478 e. The SMILES string of the molecule is Cc1ccc(C)n1-c1cc(-c2nnc(-c3cccc(C(O)O)c3)o2)ccc1C(=O)O. The van der Waals surface area contributed by atoms with Crippen LogP contribution < -0.4 is 0 Å². The van der Waals surface area contributed by atoms with Gasteiger partial charge in [-0.25, -0.2) is 4.79 Å². The molecule has 0 saturated heterocycles. The summed E-state index contributed by atoms with van der Waals surface area (Å²) in [7, 11) is 0. The molecule has 8 nitrogen and oxygen atoms in total. The zero-order chi connectivity index (χ0) is 21.4. The van der Waals surface area contributed by atoms with Crippen molar-refractivity contribution in [3.8, 4) is 28.6 Å². The number of aliphatic hydroxyl groups is 2. The number of carboxylic acids is 1. The summed E-state index contributed by atoms with van der Waals surface area (Å²) in [6.07, 6.45) is -1.61. The summed E-state index contributed by atoms with van der Waals surface area (Å²) in [6.45, 7) is 3.80.